The van der Waals surface area contributed by atoms with E-state index in [4.69, 9.17) is 0 Å². The molecule has 0 saturated heterocycles. The van der Waals surface area contributed by atoms with Gasteiger partial charge in [-0.25, -0.2) is 0 Å². The van der Waals surface area contributed by atoms with Gasteiger partial charge in [-0.3, -0.25) is 4.90 Å². The van der Waals surface area contributed by atoms with Crippen LogP contribution in [0.5, 0.6) is 0 Å². The minimum absolute atomic E-state index is 0. The molecule has 216 valence electrons. The molecule has 7 heteroatoms. The van der Waals surface area contributed by atoms with Gasteiger partial charge < -0.3 is 38.7 Å². The van der Waals surface area contributed by atoms with Gasteiger partial charge in [-0.2, -0.15) is 4.57 Å². The first-order valence-corrected chi connectivity index (χ1v) is 15.0. The molecule has 0 bridgehead atoms. The molecule has 5 rings (SSSR count). The summed E-state index contributed by atoms with van der Waals surface area (Å²) in [5, 5.41) is 2.51. The molecule has 41 heavy (non-hydrogen) atoms. The standard InChI is InChI=1S/C34H42N5S.HI/c1-35(2)21-13-23-38(24-14-22-36(3)4)33-25-27(26-34-37(5)31-19-11-12-20-32(31)40-34)29-17-9-10-18-30(29)39(33)28-15-7-6-8-16-28;/h6-12,15-20,25-26H,13-14,21-24H2,1-5H3;1H/q+1;/p-1. The highest BCUT2D eigenvalue weighted by molar-refractivity contribution is 8.03. The Kier molecular flexibility index (Phi) is 11.1. The number of benzene rings is 3. The van der Waals surface area contributed by atoms with Crippen molar-refractivity contribution in [3.63, 3.8) is 0 Å². The topological polar surface area (TPSA) is 16.8 Å². The van der Waals surface area contributed by atoms with Crippen LogP contribution in [0.3, 0.4) is 0 Å². The number of thioether (sulfide) groups is 1. The number of aromatic nitrogens is 1. The number of anilines is 2. The zero-order valence-corrected chi connectivity index (χ0v) is 27.9. The highest BCUT2D eigenvalue weighted by Gasteiger charge is 2.26. The average molecular weight is 680 g/mol. The van der Waals surface area contributed by atoms with Crippen molar-refractivity contribution in [2.45, 2.75) is 17.7 Å². The quantitative estimate of drug-likeness (QED) is 0.178. The van der Waals surface area contributed by atoms with E-state index in [1.807, 2.05) is 11.8 Å². The third-order valence-corrected chi connectivity index (χ3v) is 8.59. The Balaban J connectivity index is 0.00000387. The predicted octanol–water partition coefficient (Wildman–Crippen LogP) is 3.37. The fourth-order valence-electron chi connectivity index (χ4n) is 5.39. The summed E-state index contributed by atoms with van der Waals surface area (Å²) in [4.78, 5) is 10.8. The molecule has 0 radical (unpaired) electrons. The van der Waals surface area contributed by atoms with Crippen LogP contribution in [0, 0.1) is 0 Å². The fraction of sp³-hybridized carbons (Fsp3) is 0.324. The molecule has 3 aromatic carbocycles. The van der Waals surface area contributed by atoms with Gasteiger partial charge in [-0.15, -0.1) is 0 Å². The van der Waals surface area contributed by atoms with Crippen molar-refractivity contribution in [1.29, 1.82) is 0 Å². The van der Waals surface area contributed by atoms with E-state index in [-0.39, 0.29) is 24.0 Å². The largest absolute Gasteiger partial charge is 1.00 e. The number of nitrogens with zero attached hydrogens (tertiary/aromatic N) is 5. The SMILES string of the molecule is CN(C)CCCN(CCCN(C)C)c1cc(/C=C2\Sc3ccccc3N2C)c2ccccc2[n+]1-c1ccccc1.[I-]. The highest BCUT2D eigenvalue weighted by Crippen LogP contribution is 2.45. The Hall–Kier alpha value is -2.59. The molecule has 0 unspecified atom stereocenters. The molecular weight excluding hydrogens is 637 g/mol. The van der Waals surface area contributed by atoms with Crippen LogP contribution in [-0.4, -0.2) is 71.2 Å². The molecule has 1 aliphatic rings. The van der Waals surface area contributed by atoms with Gasteiger partial charge in [0.1, 0.15) is 11.2 Å². The summed E-state index contributed by atoms with van der Waals surface area (Å²) < 4.78 is 2.46. The molecule has 0 saturated carbocycles. The lowest BCUT2D eigenvalue weighted by Gasteiger charge is -2.23. The van der Waals surface area contributed by atoms with E-state index in [0.29, 0.717) is 0 Å². The van der Waals surface area contributed by atoms with E-state index in [1.54, 1.807) is 0 Å². The maximum Gasteiger partial charge on any atom is 0.282 e. The molecule has 0 spiro atoms. The zero-order valence-electron chi connectivity index (χ0n) is 24.9. The first-order valence-electron chi connectivity index (χ1n) is 14.2. The summed E-state index contributed by atoms with van der Waals surface area (Å²) >= 11 is 1.85. The molecule has 2 heterocycles. The molecule has 0 atom stereocenters. The number of hydrogen-bond acceptors (Lipinski definition) is 5. The van der Waals surface area contributed by atoms with E-state index in [9.17, 15) is 0 Å². The summed E-state index contributed by atoms with van der Waals surface area (Å²) in [5.41, 5.74) is 4.95. The van der Waals surface area contributed by atoms with Crippen molar-refractivity contribution in [3.05, 3.63) is 95.5 Å². The number of hydrogen-bond donors (Lipinski definition) is 0. The van der Waals surface area contributed by atoms with Crippen molar-refractivity contribution in [1.82, 2.24) is 9.80 Å². The van der Waals surface area contributed by atoms with Gasteiger partial charge in [-0.1, -0.05) is 60.3 Å². The van der Waals surface area contributed by atoms with E-state index < -0.39 is 0 Å². The van der Waals surface area contributed by atoms with Gasteiger partial charge in [0.25, 0.3) is 5.82 Å². The van der Waals surface area contributed by atoms with Gasteiger partial charge >= 0.3 is 0 Å². The van der Waals surface area contributed by atoms with Crippen LogP contribution in [0.25, 0.3) is 22.7 Å². The zero-order chi connectivity index (χ0) is 28.1. The third-order valence-electron chi connectivity index (χ3n) is 7.43. The van der Waals surface area contributed by atoms with Crippen LogP contribution >= 0.6 is 11.8 Å². The molecular formula is C34H42IN5S. The fourth-order valence-corrected chi connectivity index (χ4v) is 6.50. The molecule has 0 aliphatic carbocycles. The number of para-hydroxylation sites is 3. The van der Waals surface area contributed by atoms with E-state index in [0.717, 1.165) is 39.0 Å². The highest BCUT2D eigenvalue weighted by atomic mass is 127. The van der Waals surface area contributed by atoms with Crippen LogP contribution in [0.1, 0.15) is 18.4 Å². The van der Waals surface area contributed by atoms with Crippen LogP contribution < -0.4 is 38.3 Å². The van der Waals surface area contributed by atoms with Crippen LogP contribution in [-0.2, 0) is 0 Å². The molecule has 4 aromatic rings. The van der Waals surface area contributed by atoms with Gasteiger partial charge in [-0.05, 0) is 83.0 Å². The van der Waals surface area contributed by atoms with Gasteiger partial charge in [0, 0.05) is 36.5 Å². The molecule has 1 aliphatic heterocycles. The Bertz CT molecular complexity index is 1460. The predicted molar refractivity (Wildman–Crippen MR) is 173 cm³/mol. The lowest BCUT2D eigenvalue weighted by Crippen LogP contribution is -3.00. The summed E-state index contributed by atoms with van der Waals surface area (Å²) in [6.45, 7) is 4.15. The van der Waals surface area contributed by atoms with Crippen LogP contribution in [0.2, 0.25) is 0 Å². The second-order valence-corrected chi connectivity index (χ2v) is 12.1. The monoisotopic (exact) mass is 679 g/mol. The maximum absolute atomic E-state index is 2.61. The first kappa shape index (κ1) is 31.3. The lowest BCUT2D eigenvalue weighted by molar-refractivity contribution is -0.553. The first-order chi connectivity index (χ1) is 19.4. The van der Waals surface area contributed by atoms with Crippen molar-refractivity contribution in [2.24, 2.45) is 0 Å². The number of pyridine rings is 1. The van der Waals surface area contributed by atoms with Crippen molar-refractivity contribution in [3.8, 4) is 5.69 Å². The van der Waals surface area contributed by atoms with Crippen LogP contribution in [0.15, 0.2) is 94.9 Å². The number of rotatable bonds is 11. The maximum atomic E-state index is 2.61. The minimum atomic E-state index is 0. The Morgan fingerprint density at radius 2 is 1.37 bits per heavy atom. The molecule has 0 amide bonds. The van der Waals surface area contributed by atoms with Crippen LogP contribution in [0.4, 0.5) is 11.5 Å². The molecule has 1 aromatic heterocycles. The van der Waals surface area contributed by atoms with Crippen molar-refractivity contribution < 1.29 is 28.5 Å². The van der Waals surface area contributed by atoms with Crippen molar-refractivity contribution >= 4 is 40.2 Å². The van der Waals surface area contributed by atoms with Gasteiger partial charge in [0.15, 0.2) is 0 Å². The lowest BCUT2D eigenvalue weighted by atomic mass is 10.1. The summed E-state index contributed by atoms with van der Waals surface area (Å²) in [6.07, 6.45) is 4.60. The molecule has 0 N–H and O–H groups in total. The van der Waals surface area contributed by atoms with Gasteiger partial charge in [0.2, 0.25) is 0 Å². The Morgan fingerprint density at radius 3 is 2.02 bits per heavy atom. The smallest absolute Gasteiger partial charge is 0.282 e. The van der Waals surface area contributed by atoms with E-state index >= 15 is 0 Å². The Labute approximate surface area is 267 Å². The van der Waals surface area contributed by atoms with Crippen molar-refractivity contribution in [2.75, 3.05) is 71.2 Å². The number of fused-ring (bicyclic) bond motifs is 2. The van der Waals surface area contributed by atoms with E-state index in [1.165, 1.54) is 43.6 Å². The summed E-state index contributed by atoms with van der Waals surface area (Å²) in [6, 6.07) is 30.8. The second-order valence-electron chi connectivity index (χ2n) is 11.1. The summed E-state index contributed by atoms with van der Waals surface area (Å²) in [5.74, 6) is 1.25. The minimum Gasteiger partial charge on any atom is -1.00 e. The normalized spacial score (nSPS) is 13.7. The molecule has 5 nitrogen and oxygen atoms in total. The average Bonchev–Trinajstić information content (AvgIpc) is 3.27. The van der Waals surface area contributed by atoms with E-state index in [2.05, 4.69) is 150 Å². The Morgan fingerprint density at radius 1 is 0.756 bits per heavy atom. The second kappa shape index (κ2) is 14.5. The summed E-state index contributed by atoms with van der Waals surface area (Å²) in [7, 11) is 10.8. The molecule has 0 fully saturated rings. The van der Waals surface area contributed by atoms with Gasteiger partial charge in [0.05, 0.1) is 23.8 Å². The number of halogens is 1. The third kappa shape index (κ3) is 7.44.